The van der Waals surface area contributed by atoms with E-state index in [4.69, 9.17) is 4.74 Å². The SMILES string of the molecule is CSC[C@H]1C[C@@H]2CCC[C@@H]2O1. The lowest BCUT2D eigenvalue weighted by atomic mass is 10.0. The Hall–Kier alpha value is 0.310. The Morgan fingerprint density at radius 3 is 3.09 bits per heavy atom. The fourth-order valence-corrected chi connectivity index (χ4v) is 2.97. The monoisotopic (exact) mass is 172 g/mol. The molecule has 0 spiro atoms. The van der Waals surface area contributed by atoms with Gasteiger partial charge < -0.3 is 4.74 Å². The van der Waals surface area contributed by atoms with E-state index in [-0.39, 0.29) is 0 Å². The molecule has 2 fully saturated rings. The van der Waals surface area contributed by atoms with Gasteiger partial charge in [-0.25, -0.2) is 0 Å². The van der Waals surface area contributed by atoms with Gasteiger partial charge in [-0.05, 0) is 31.4 Å². The lowest BCUT2D eigenvalue weighted by molar-refractivity contribution is 0.0538. The molecule has 0 aromatic carbocycles. The summed E-state index contributed by atoms with van der Waals surface area (Å²) in [5, 5.41) is 0. The van der Waals surface area contributed by atoms with Crippen LogP contribution in [0.25, 0.3) is 0 Å². The minimum atomic E-state index is 0.584. The molecule has 3 atom stereocenters. The first kappa shape index (κ1) is 7.93. The summed E-state index contributed by atoms with van der Waals surface area (Å²) in [5.41, 5.74) is 0. The Morgan fingerprint density at radius 2 is 2.36 bits per heavy atom. The van der Waals surface area contributed by atoms with Crippen LogP contribution in [0.5, 0.6) is 0 Å². The largest absolute Gasteiger partial charge is 0.374 e. The Bertz CT molecular complexity index is 126. The maximum atomic E-state index is 5.90. The summed E-state index contributed by atoms with van der Waals surface area (Å²) in [6, 6.07) is 0. The van der Waals surface area contributed by atoms with Crippen molar-refractivity contribution in [2.75, 3.05) is 12.0 Å². The second-order valence-electron chi connectivity index (χ2n) is 3.68. The van der Waals surface area contributed by atoms with Crippen LogP contribution in [0.2, 0.25) is 0 Å². The third-order valence-corrected chi connectivity index (χ3v) is 3.58. The number of hydrogen-bond donors (Lipinski definition) is 0. The molecule has 0 bridgehead atoms. The van der Waals surface area contributed by atoms with Crippen molar-refractivity contribution in [2.24, 2.45) is 5.92 Å². The molecule has 1 saturated carbocycles. The second-order valence-corrected chi connectivity index (χ2v) is 4.59. The van der Waals surface area contributed by atoms with Crippen LogP contribution in [0.4, 0.5) is 0 Å². The lowest BCUT2D eigenvalue weighted by Crippen LogP contribution is -2.12. The Kier molecular flexibility index (Phi) is 2.42. The number of ether oxygens (including phenoxy) is 1. The van der Waals surface area contributed by atoms with Crippen LogP contribution in [0, 0.1) is 5.92 Å². The third-order valence-electron chi connectivity index (χ3n) is 2.87. The average molecular weight is 172 g/mol. The fraction of sp³-hybridized carbons (Fsp3) is 1.00. The van der Waals surface area contributed by atoms with Gasteiger partial charge in [-0.15, -0.1) is 0 Å². The minimum absolute atomic E-state index is 0.584. The maximum absolute atomic E-state index is 5.90. The molecular formula is C9H16OS. The van der Waals surface area contributed by atoms with Crippen molar-refractivity contribution in [1.29, 1.82) is 0 Å². The summed E-state index contributed by atoms with van der Waals surface area (Å²) in [7, 11) is 0. The van der Waals surface area contributed by atoms with Gasteiger partial charge in [0.2, 0.25) is 0 Å². The van der Waals surface area contributed by atoms with Gasteiger partial charge in [-0.3, -0.25) is 0 Å². The first-order chi connectivity index (χ1) is 5.40. The number of fused-ring (bicyclic) bond motifs is 1. The first-order valence-electron chi connectivity index (χ1n) is 4.54. The van der Waals surface area contributed by atoms with Gasteiger partial charge >= 0.3 is 0 Å². The lowest BCUT2D eigenvalue weighted by Gasteiger charge is -2.09. The zero-order valence-electron chi connectivity index (χ0n) is 7.08. The van der Waals surface area contributed by atoms with E-state index in [0.29, 0.717) is 12.2 Å². The maximum Gasteiger partial charge on any atom is 0.0672 e. The molecule has 1 heterocycles. The predicted octanol–water partition coefficient (Wildman–Crippen LogP) is 2.31. The molecule has 2 aliphatic rings. The normalized spacial score (nSPS) is 42.8. The van der Waals surface area contributed by atoms with Crippen LogP contribution >= 0.6 is 11.8 Å². The summed E-state index contributed by atoms with van der Waals surface area (Å²) in [5.74, 6) is 2.12. The van der Waals surface area contributed by atoms with E-state index in [9.17, 15) is 0 Å². The standard InChI is InChI=1S/C9H16OS/c1-11-6-8-5-7-3-2-4-9(7)10-8/h7-9H,2-6H2,1H3/t7-,8+,9-/m0/s1. The number of hydrogen-bond acceptors (Lipinski definition) is 2. The van der Waals surface area contributed by atoms with Gasteiger partial charge in [0.15, 0.2) is 0 Å². The van der Waals surface area contributed by atoms with E-state index >= 15 is 0 Å². The van der Waals surface area contributed by atoms with E-state index in [1.807, 2.05) is 11.8 Å². The van der Waals surface area contributed by atoms with Gasteiger partial charge in [-0.1, -0.05) is 6.42 Å². The first-order valence-corrected chi connectivity index (χ1v) is 5.94. The molecule has 1 nitrogen and oxygen atoms in total. The Labute approximate surface area is 72.9 Å². The highest BCUT2D eigenvalue weighted by Gasteiger charge is 2.37. The zero-order valence-corrected chi connectivity index (χ0v) is 7.90. The van der Waals surface area contributed by atoms with Crippen LogP contribution in [-0.2, 0) is 4.74 Å². The Morgan fingerprint density at radius 1 is 1.45 bits per heavy atom. The smallest absolute Gasteiger partial charge is 0.0672 e. The minimum Gasteiger partial charge on any atom is -0.374 e. The summed E-state index contributed by atoms with van der Waals surface area (Å²) in [6.07, 6.45) is 8.89. The highest BCUT2D eigenvalue weighted by atomic mass is 32.2. The molecule has 1 aliphatic carbocycles. The highest BCUT2D eigenvalue weighted by Crippen LogP contribution is 2.39. The number of thioether (sulfide) groups is 1. The molecule has 64 valence electrons. The molecule has 0 N–H and O–H groups in total. The van der Waals surface area contributed by atoms with Gasteiger partial charge in [-0.2, -0.15) is 11.8 Å². The van der Waals surface area contributed by atoms with Gasteiger partial charge in [0.1, 0.15) is 0 Å². The van der Waals surface area contributed by atoms with Crippen LogP contribution in [0.1, 0.15) is 25.7 Å². The second kappa shape index (κ2) is 3.36. The van der Waals surface area contributed by atoms with Crippen molar-refractivity contribution in [3.63, 3.8) is 0 Å². The molecule has 0 radical (unpaired) electrons. The van der Waals surface area contributed by atoms with E-state index < -0.39 is 0 Å². The molecule has 1 saturated heterocycles. The molecule has 11 heavy (non-hydrogen) atoms. The molecule has 0 unspecified atom stereocenters. The van der Waals surface area contributed by atoms with Crippen LogP contribution < -0.4 is 0 Å². The van der Waals surface area contributed by atoms with Crippen molar-refractivity contribution >= 4 is 11.8 Å². The number of rotatable bonds is 2. The summed E-state index contributed by atoms with van der Waals surface area (Å²) >= 11 is 1.91. The summed E-state index contributed by atoms with van der Waals surface area (Å²) in [6.45, 7) is 0. The topological polar surface area (TPSA) is 9.23 Å². The molecule has 2 rings (SSSR count). The molecule has 1 aliphatic heterocycles. The molecule has 0 aromatic rings. The summed E-state index contributed by atoms with van der Waals surface area (Å²) in [4.78, 5) is 0. The van der Waals surface area contributed by atoms with Crippen molar-refractivity contribution in [1.82, 2.24) is 0 Å². The van der Waals surface area contributed by atoms with Crippen molar-refractivity contribution in [2.45, 2.75) is 37.9 Å². The van der Waals surface area contributed by atoms with E-state index in [2.05, 4.69) is 6.26 Å². The van der Waals surface area contributed by atoms with E-state index in [1.54, 1.807) is 0 Å². The molecular weight excluding hydrogens is 156 g/mol. The zero-order chi connectivity index (χ0) is 7.68. The van der Waals surface area contributed by atoms with Crippen LogP contribution in [0.3, 0.4) is 0 Å². The Balaban J connectivity index is 1.84. The van der Waals surface area contributed by atoms with Crippen molar-refractivity contribution < 1.29 is 4.74 Å². The fourth-order valence-electron chi connectivity index (χ4n) is 2.39. The molecule has 2 heteroatoms. The van der Waals surface area contributed by atoms with Gasteiger partial charge in [0, 0.05) is 5.75 Å². The van der Waals surface area contributed by atoms with Crippen LogP contribution in [-0.4, -0.2) is 24.2 Å². The highest BCUT2D eigenvalue weighted by molar-refractivity contribution is 7.98. The average Bonchev–Trinajstić information content (AvgIpc) is 2.46. The van der Waals surface area contributed by atoms with Crippen molar-refractivity contribution in [3.8, 4) is 0 Å². The van der Waals surface area contributed by atoms with Gasteiger partial charge in [0.25, 0.3) is 0 Å². The van der Waals surface area contributed by atoms with E-state index in [1.165, 1.54) is 31.4 Å². The van der Waals surface area contributed by atoms with Gasteiger partial charge in [0.05, 0.1) is 12.2 Å². The third kappa shape index (κ3) is 1.57. The quantitative estimate of drug-likeness (QED) is 0.632. The molecule has 0 aromatic heterocycles. The summed E-state index contributed by atoms with van der Waals surface area (Å²) < 4.78 is 5.90. The van der Waals surface area contributed by atoms with E-state index in [0.717, 1.165) is 5.92 Å². The van der Waals surface area contributed by atoms with Crippen molar-refractivity contribution in [3.05, 3.63) is 0 Å². The van der Waals surface area contributed by atoms with Crippen LogP contribution in [0.15, 0.2) is 0 Å². The predicted molar refractivity (Wildman–Crippen MR) is 49.0 cm³/mol. The molecule has 0 amide bonds.